The van der Waals surface area contributed by atoms with Gasteiger partial charge in [-0.2, -0.15) is 0 Å². The van der Waals surface area contributed by atoms with E-state index in [9.17, 15) is 0 Å². The Morgan fingerprint density at radius 1 is 0.509 bits per heavy atom. The van der Waals surface area contributed by atoms with Crippen LogP contribution in [0.5, 0.6) is 0 Å². The van der Waals surface area contributed by atoms with Crippen LogP contribution in [0, 0.1) is 0 Å². The van der Waals surface area contributed by atoms with Gasteiger partial charge in [-0.25, -0.2) is 9.97 Å². The molecule has 12 aromatic rings. The first-order valence-corrected chi connectivity index (χ1v) is 20.0. The third kappa shape index (κ3) is 4.08. The molecule has 0 amide bonds. The fourth-order valence-corrected chi connectivity index (χ4v) is 10.9. The summed E-state index contributed by atoms with van der Waals surface area (Å²) in [6.45, 7) is 0. The van der Waals surface area contributed by atoms with Gasteiger partial charge in [0.15, 0.2) is 5.58 Å². The van der Waals surface area contributed by atoms with Gasteiger partial charge in [0.1, 0.15) is 22.4 Å². The molecule has 0 saturated heterocycles. The molecule has 5 aromatic heterocycles. The van der Waals surface area contributed by atoms with Crippen molar-refractivity contribution in [2.24, 2.45) is 0 Å². The summed E-state index contributed by atoms with van der Waals surface area (Å²) in [7, 11) is 0. The lowest BCUT2D eigenvalue weighted by atomic mass is 10.0. The molecule has 6 heterocycles. The first-order chi connectivity index (χ1) is 27.3. The van der Waals surface area contributed by atoms with Gasteiger partial charge in [-0.15, -0.1) is 11.3 Å². The zero-order chi connectivity index (χ0) is 35.8. The number of benzene rings is 7. The van der Waals surface area contributed by atoms with Crippen molar-refractivity contribution in [3.05, 3.63) is 158 Å². The molecule has 13 rings (SSSR count). The molecule has 0 radical (unpaired) electrons. The molecule has 7 aromatic carbocycles. The Morgan fingerprint density at radius 3 is 2.15 bits per heavy atom. The Morgan fingerprint density at radius 2 is 1.22 bits per heavy atom. The van der Waals surface area contributed by atoms with E-state index in [0.29, 0.717) is 11.5 Å². The standard InChI is InChI=1S/C48H26N4OS2/c1-4-14-35-31(11-1)42-33-13-9-19-41-45(33)51(36-15-5-8-18-40(36)55-41)47(42)52(35)48-49-43(46-44(50-48)32-12-2-6-16-37(32)53-46)28-22-20-27(21-23-28)29-24-25-39-34(26-29)30-10-3-7-17-38(30)54-39/h1-26H. The van der Waals surface area contributed by atoms with Crippen molar-refractivity contribution in [1.82, 2.24) is 19.1 Å². The fourth-order valence-electron chi connectivity index (χ4n) is 8.73. The van der Waals surface area contributed by atoms with Crippen LogP contribution in [0.4, 0.5) is 0 Å². The van der Waals surface area contributed by atoms with Crippen molar-refractivity contribution in [2.45, 2.75) is 9.79 Å². The molecule has 0 aliphatic carbocycles. The summed E-state index contributed by atoms with van der Waals surface area (Å²) in [6.07, 6.45) is 0. The topological polar surface area (TPSA) is 48.8 Å². The van der Waals surface area contributed by atoms with E-state index in [4.69, 9.17) is 14.4 Å². The molecule has 1 aliphatic heterocycles. The van der Waals surface area contributed by atoms with Gasteiger partial charge >= 0.3 is 0 Å². The van der Waals surface area contributed by atoms with Crippen LogP contribution in [0.25, 0.3) is 109 Å². The molecule has 0 atom stereocenters. The summed E-state index contributed by atoms with van der Waals surface area (Å²) < 4.78 is 13.9. The highest BCUT2D eigenvalue weighted by atomic mass is 32.2. The van der Waals surface area contributed by atoms with Crippen molar-refractivity contribution >= 4 is 98.2 Å². The van der Waals surface area contributed by atoms with Crippen LogP contribution in [-0.4, -0.2) is 19.1 Å². The van der Waals surface area contributed by atoms with Crippen molar-refractivity contribution in [3.63, 3.8) is 0 Å². The molecule has 55 heavy (non-hydrogen) atoms. The maximum atomic E-state index is 6.60. The van der Waals surface area contributed by atoms with E-state index >= 15 is 0 Å². The molecular formula is C48H26N4OS2. The molecule has 7 heteroatoms. The number of furan rings is 1. The van der Waals surface area contributed by atoms with Gasteiger partial charge in [-0.05, 0) is 65.7 Å². The molecule has 5 nitrogen and oxygen atoms in total. The normalized spacial score (nSPS) is 12.7. The van der Waals surface area contributed by atoms with Gasteiger partial charge in [0, 0.05) is 57.1 Å². The molecule has 0 saturated carbocycles. The molecule has 0 unspecified atom stereocenters. The third-order valence-electron chi connectivity index (χ3n) is 11.2. The minimum Gasteiger partial charge on any atom is -0.452 e. The van der Waals surface area contributed by atoms with Gasteiger partial charge < -0.3 is 4.42 Å². The molecule has 0 N–H and O–H groups in total. The quantitative estimate of drug-likeness (QED) is 0.181. The highest BCUT2D eigenvalue weighted by Gasteiger charge is 2.29. The maximum Gasteiger partial charge on any atom is 0.237 e. The summed E-state index contributed by atoms with van der Waals surface area (Å²) in [6, 6.07) is 56.3. The largest absolute Gasteiger partial charge is 0.452 e. The second-order valence-corrected chi connectivity index (χ2v) is 16.3. The molecular weight excluding hydrogens is 713 g/mol. The maximum absolute atomic E-state index is 6.60. The highest BCUT2D eigenvalue weighted by Crippen LogP contribution is 2.49. The van der Waals surface area contributed by atoms with Crippen molar-refractivity contribution < 1.29 is 4.42 Å². The zero-order valence-electron chi connectivity index (χ0n) is 29.0. The van der Waals surface area contributed by atoms with Crippen LogP contribution in [0.1, 0.15) is 0 Å². The minimum atomic E-state index is 0.607. The SMILES string of the molecule is c1ccc2c(c1)Sc1cccc3c4c5ccccc5n(-c5nc(-c6ccc(-c7ccc8sc9ccccc9c8c7)cc6)c6oc7ccccc7c6n5)c4n-2c13. The van der Waals surface area contributed by atoms with E-state index in [-0.39, 0.29) is 0 Å². The van der Waals surface area contributed by atoms with E-state index in [1.807, 2.05) is 41.3 Å². The van der Waals surface area contributed by atoms with E-state index in [0.717, 1.165) is 50.2 Å². The zero-order valence-corrected chi connectivity index (χ0v) is 30.7. The van der Waals surface area contributed by atoms with Crippen LogP contribution in [-0.2, 0) is 0 Å². The van der Waals surface area contributed by atoms with Crippen LogP contribution in [0.2, 0.25) is 0 Å². The van der Waals surface area contributed by atoms with Crippen molar-refractivity contribution in [2.75, 3.05) is 0 Å². The molecule has 1 aliphatic rings. The van der Waals surface area contributed by atoms with E-state index in [2.05, 4.69) is 149 Å². The Hall–Kier alpha value is -6.67. The van der Waals surface area contributed by atoms with Gasteiger partial charge in [-0.1, -0.05) is 115 Å². The lowest BCUT2D eigenvalue weighted by molar-refractivity contribution is 0.666. The highest BCUT2D eigenvalue weighted by molar-refractivity contribution is 7.99. The predicted octanol–water partition coefficient (Wildman–Crippen LogP) is 13.6. The number of para-hydroxylation sites is 4. The second kappa shape index (κ2) is 10.9. The Balaban J connectivity index is 1.07. The molecule has 0 spiro atoms. The van der Waals surface area contributed by atoms with E-state index in [1.54, 1.807) is 0 Å². The van der Waals surface area contributed by atoms with Crippen LogP contribution >= 0.6 is 23.1 Å². The summed E-state index contributed by atoms with van der Waals surface area (Å²) in [5.41, 5.74) is 10.8. The minimum absolute atomic E-state index is 0.607. The second-order valence-electron chi connectivity index (χ2n) is 14.1. The monoisotopic (exact) mass is 738 g/mol. The van der Waals surface area contributed by atoms with Gasteiger partial charge in [0.05, 0.1) is 16.7 Å². The summed E-state index contributed by atoms with van der Waals surface area (Å²) in [5.74, 6) is 0.607. The number of fused-ring (bicyclic) bond motifs is 13. The Labute approximate surface area is 321 Å². The van der Waals surface area contributed by atoms with E-state index < -0.39 is 0 Å². The van der Waals surface area contributed by atoms with Crippen LogP contribution < -0.4 is 0 Å². The molecule has 0 fully saturated rings. The summed E-state index contributed by atoms with van der Waals surface area (Å²) in [4.78, 5) is 13.3. The average molecular weight is 739 g/mol. The average Bonchev–Trinajstić information content (AvgIpc) is 3.99. The third-order valence-corrected chi connectivity index (χ3v) is 13.4. The summed E-state index contributed by atoms with van der Waals surface area (Å²) >= 11 is 3.68. The fraction of sp³-hybridized carbons (Fsp3) is 0. The Bertz CT molecular complexity index is 3590. The van der Waals surface area contributed by atoms with Gasteiger partial charge in [0.2, 0.25) is 5.95 Å². The van der Waals surface area contributed by atoms with Crippen molar-refractivity contribution in [1.29, 1.82) is 0 Å². The Kier molecular flexibility index (Phi) is 5.92. The number of hydrogen-bond acceptors (Lipinski definition) is 5. The number of rotatable bonds is 3. The van der Waals surface area contributed by atoms with Crippen molar-refractivity contribution in [3.8, 4) is 34.0 Å². The lowest BCUT2D eigenvalue weighted by Crippen LogP contribution is -2.08. The van der Waals surface area contributed by atoms with Crippen LogP contribution in [0.15, 0.2) is 172 Å². The van der Waals surface area contributed by atoms with Gasteiger partial charge in [0.25, 0.3) is 0 Å². The lowest BCUT2D eigenvalue weighted by Gasteiger charge is -2.20. The number of nitrogens with zero attached hydrogens (tertiary/aromatic N) is 4. The first-order valence-electron chi connectivity index (χ1n) is 18.3. The summed E-state index contributed by atoms with van der Waals surface area (Å²) in [5, 5.41) is 7.16. The molecule has 0 bridgehead atoms. The number of hydrogen-bond donors (Lipinski definition) is 0. The number of aromatic nitrogens is 4. The van der Waals surface area contributed by atoms with E-state index in [1.165, 1.54) is 57.2 Å². The smallest absolute Gasteiger partial charge is 0.237 e. The van der Waals surface area contributed by atoms with Gasteiger partial charge in [-0.3, -0.25) is 9.13 Å². The molecule has 256 valence electrons. The number of thiophene rings is 1. The van der Waals surface area contributed by atoms with Crippen LogP contribution in [0.3, 0.4) is 0 Å². The predicted molar refractivity (Wildman–Crippen MR) is 228 cm³/mol. The first kappa shape index (κ1) is 29.7.